The van der Waals surface area contributed by atoms with E-state index in [1.165, 1.54) is 12.8 Å². The maximum Gasteiger partial charge on any atom is 0.407 e. The Labute approximate surface area is 109 Å². The molecule has 2 N–H and O–H groups in total. The van der Waals surface area contributed by atoms with Crippen LogP contribution in [0.5, 0.6) is 0 Å². The van der Waals surface area contributed by atoms with E-state index in [9.17, 15) is 4.79 Å². The van der Waals surface area contributed by atoms with Gasteiger partial charge < -0.3 is 20.1 Å². The van der Waals surface area contributed by atoms with Crippen molar-refractivity contribution in [2.45, 2.75) is 57.3 Å². The van der Waals surface area contributed by atoms with Crippen LogP contribution in [-0.2, 0) is 9.47 Å². The number of carbonyl (C=O) groups excluding carboxylic acids is 1. The molecule has 1 aliphatic heterocycles. The molecule has 0 aromatic heterocycles. The zero-order chi connectivity index (χ0) is 13.0. The second kappa shape index (κ2) is 5.89. The lowest BCUT2D eigenvalue weighted by molar-refractivity contribution is -0.111. The number of hydrogen-bond donors (Lipinski definition) is 2. The smallest absolute Gasteiger partial charge is 0.407 e. The van der Waals surface area contributed by atoms with E-state index in [-0.39, 0.29) is 17.8 Å². The van der Waals surface area contributed by atoms with E-state index in [1.54, 1.807) is 0 Å². The van der Waals surface area contributed by atoms with E-state index in [0.717, 1.165) is 25.9 Å². The van der Waals surface area contributed by atoms with Crippen molar-refractivity contribution in [2.75, 3.05) is 19.7 Å². The Hall–Kier alpha value is -0.810. The molecule has 2 aliphatic rings. The highest BCUT2D eigenvalue weighted by atomic mass is 16.6. The summed E-state index contributed by atoms with van der Waals surface area (Å²) in [6, 6.07) is 0.305. The fourth-order valence-corrected chi connectivity index (χ4v) is 2.61. The summed E-state index contributed by atoms with van der Waals surface area (Å²) in [4.78, 5) is 11.6. The van der Waals surface area contributed by atoms with Crippen LogP contribution in [0, 0.1) is 0 Å². The first-order valence-corrected chi connectivity index (χ1v) is 6.87. The van der Waals surface area contributed by atoms with Gasteiger partial charge in [-0.3, -0.25) is 0 Å². The molecular weight excluding hydrogens is 232 g/mol. The molecule has 1 saturated carbocycles. The Morgan fingerprint density at radius 3 is 2.83 bits per heavy atom. The molecule has 0 aromatic rings. The highest BCUT2D eigenvalue weighted by Crippen LogP contribution is 2.18. The minimum Gasteiger partial charge on any atom is -0.447 e. The monoisotopic (exact) mass is 256 g/mol. The largest absolute Gasteiger partial charge is 0.447 e. The predicted octanol–water partition coefficient (Wildman–Crippen LogP) is 1.42. The normalized spacial score (nSPS) is 28.0. The van der Waals surface area contributed by atoms with Crippen LogP contribution in [-0.4, -0.2) is 43.5 Å². The van der Waals surface area contributed by atoms with Crippen LogP contribution in [0.2, 0.25) is 0 Å². The first kappa shape index (κ1) is 13.6. The lowest BCUT2D eigenvalue weighted by Crippen LogP contribution is -2.52. The summed E-state index contributed by atoms with van der Waals surface area (Å²) in [6.07, 6.45) is 4.19. The quantitative estimate of drug-likeness (QED) is 0.802. The summed E-state index contributed by atoms with van der Waals surface area (Å²) in [6.45, 7) is 5.95. The van der Waals surface area contributed by atoms with E-state index in [2.05, 4.69) is 10.6 Å². The number of morpholine rings is 1. The van der Waals surface area contributed by atoms with Gasteiger partial charge in [0, 0.05) is 19.1 Å². The van der Waals surface area contributed by atoms with Gasteiger partial charge in [0.15, 0.2) is 0 Å². The van der Waals surface area contributed by atoms with Crippen LogP contribution in [0.4, 0.5) is 4.79 Å². The minimum absolute atomic E-state index is 0.0527. The van der Waals surface area contributed by atoms with Crippen molar-refractivity contribution in [3.8, 4) is 0 Å². The Bertz CT molecular complexity index is 288. The molecule has 0 radical (unpaired) electrons. The fraction of sp³-hybridized carbons (Fsp3) is 0.923. The van der Waals surface area contributed by atoms with Crippen molar-refractivity contribution in [2.24, 2.45) is 0 Å². The maximum absolute atomic E-state index is 11.6. The van der Waals surface area contributed by atoms with Gasteiger partial charge in [0.05, 0.1) is 5.60 Å². The van der Waals surface area contributed by atoms with Crippen molar-refractivity contribution in [1.82, 2.24) is 10.6 Å². The first-order valence-electron chi connectivity index (χ1n) is 6.87. The van der Waals surface area contributed by atoms with E-state index < -0.39 is 0 Å². The molecule has 0 spiro atoms. The second-order valence-electron chi connectivity index (χ2n) is 5.85. The molecule has 1 aliphatic carbocycles. The lowest BCUT2D eigenvalue weighted by atomic mass is 10.1. The summed E-state index contributed by atoms with van der Waals surface area (Å²) in [5.41, 5.74) is -0.186. The summed E-state index contributed by atoms with van der Waals surface area (Å²) in [5.74, 6) is 0. The number of carbonyl (C=O) groups is 1. The number of hydrogen-bond acceptors (Lipinski definition) is 4. The van der Waals surface area contributed by atoms with Gasteiger partial charge in [-0.2, -0.15) is 0 Å². The SMILES string of the molecule is CC1(C)CNCC(COC(=O)NC2CCCC2)O1. The predicted molar refractivity (Wildman–Crippen MR) is 68.6 cm³/mol. The molecule has 1 heterocycles. The van der Waals surface area contributed by atoms with Crippen molar-refractivity contribution in [3.05, 3.63) is 0 Å². The molecule has 1 atom stereocenters. The average Bonchev–Trinajstić information content (AvgIpc) is 2.78. The van der Waals surface area contributed by atoms with Crippen LogP contribution >= 0.6 is 0 Å². The van der Waals surface area contributed by atoms with Gasteiger partial charge in [-0.25, -0.2) is 4.79 Å². The zero-order valence-corrected chi connectivity index (χ0v) is 11.3. The fourth-order valence-electron chi connectivity index (χ4n) is 2.61. The highest BCUT2D eigenvalue weighted by molar-refractivity contribution is 5.67. The third-order valence-corrected chi connectivity index (χ3v) is 3.49. The maximum atomic E-state index is 11.6. The molecule has 5 nitrogen and oxygen atoms in total. The van der Waals surface area contributed by atoms with E-state index in [1.807, 2.05) is 13.8 Å². The van der Waals surface area contributed by atoms with Gasteiger partial charge >= 0.3 is 6.09 Å². The van der Waals surface area contributed by atoms with Gasteiger partial charge in [-0.05, 0) is 26.7 Å². The van der Waals surface area contributed by atoms with Crippen molar-refractivity contribution >= 4 is 6.09 Å². The van der Waals surface area contributed by atoms with Crippen molar-refractivity contribution < 1.29 is 14.3 Å². The molecule has 1 saturated heterocycles. The lowest BCUT2D eigenvalue weighted by Gasteiger charge is -2.36. The van der Waals surface area contributed by atoms with E-state index in [4.69, 9.17) is 9.47 Å². The molecule has 0 bridgehead atoms. The summed E-state index contributed by atoms with van der Waals surface area (Å²) >= 11 is 0. The molecule has 104 valence electrons. The van der Waals surface area contributed by atoms with Gasteiger partial charge in [0.25, 0.3) is 0 Å². The third-order valence-electron chi connectivity index (χ3n) is 3.49. The van der Waals surface area contributed by atoms with Crippen molar-refractivity contribution in [1.29, 1.82) is 0 Å². The number of nitrogens with one attached hydrogen (secondary N) is 2. The zero-order valence-electron chi connectivity index (χ0n) is 11.3. The number of rotatable bonds is 3. The Morgan fingerprint density at radius 1 is 1.44 bits per heavy atom. The summed E-state index contributed by atoms with van der Waals surface area (Å²) in [7, 11) is 0. The van der Waals surface area contributed by atoms with Crippen LogP contribution in [0.15, 0.2) is 0 Å². The van der Waals surface area contributed by atoms with E-state index in [0.29, 0.717) is 12.6 Å². The van der Waals surface area contributed by atoms with Gasteiger partial charge in [0.2, 0.25) is 0 Å². The van der Waals surface area contributed by atoms with Gasteiger partial charge in [0.1, 0.15) is 12.7 Å². The standard InChI is InChI=1S/C13H24N2O3/c1-13(2)9-14-7-11(18-13)8-17-12(16)15-10-5-3-4-6-10/h10-11,14H,3-9H2,1-2H3,(H,15,16). The molecular formula is C13H24N2O3. The summed E-state index contributed by atoms with van der Waals surface area (Å²) < 4.78 is 11.0. The molecule has 1 unspecified atom stereocenters. The molecule has 2 rings (SSSR count). The van der Waals surface area contributed by atoms with Crippen LogP contribution in [0.1, 0.15) is 39.5 Å². The first-order chi connectivity index (χ1) is 8.55. The van der Waals surface area contributed by atoms with Crippen LogP contribution < -0.4 is 10.6 Å². The third kappa shape index (κ3) is 4.14. The van der Waals surface area contributed by atoms with Gasteiger partial charge in [-0.15, -0.1) is 0 Å². The molecule has 18 heavy (non-hydrogen) atoms. The number of ether oxygens (including phenoxy) is 2. The average molecular weight is 256 g/mol. The Kier molecular flexibility index (Phi) is 4.45. The minimum atomic E-state index is -0.311. The summed E-state index contributed by atoms with van der Waals surface area (Å²) in [5, 5.41) is 6.19. The Balaban J connectivity index is 1.65. The van der Waals surface area contributed by atoms with E-state index >= 15 is 0 Å². The second-order valence-corrected chi connectivity index (χ2v) is 5.85. The number of alkyl carbamates (subject to hydrolysis) is 1. The molecule has 5 heteroatoms. The molecule has 1 amide bonds. The topological polar surface area (TPSA) is 59.6 Å². The van der Waals surface area contributed by atoms with Crippen molar-refractivity contribution in [3.63, 3.8) is 0 Å². The Morgan fingerprint density at radius 2 is 2.17 bits per heavy atom. The van der Waals surface area contributed by atoms with Crippen LogP contribution in [0.25, 0.3) is 0 Å². The molecule has 2 fully saturated rings. The van der Waals surface area contributed by atoms with Gasteiger partial charge in [-0.1, -0.05) is 12.8 Å². The number of amides is 1. The molecule has 0 aromatic carbocycles. The highest BCUT2D eigenvalue weighted by Gasteiger charge is 2.29. The van der Waals surface area contributed by atoms with Crippen LogP contribution in [0.3, 0.4) is 0 Å².